The van der Waals surface area contributed by atoms with E-state index >= 15 is 0 Å². The monoisotopic (exact) mass is 316 g/mol. The van der Waals surface area contributed by atoms with Gasteiger partial charge in [-0.05, 0) is 6.07 Å². The molecule has 1 aromatic rings. The minimum atomic E-state index is -1.41. The Kier molecular flexibility index (Phi) is 5.13. The summed E-state index contributed by atoms with van der Waals surface area (Å²) in [4.78, 5) is 47.7. The van der Waals surface area contributed by atoms with E-state index in [9.17, 15) is 24.5 Å². The summed E-state index contributed by atoms with van der Waals surface area (Å²) in [6, 6.07) is 0.915. The topological polar surface area (TPSA) is 157 Å². The molecule has 0 aliphatic carbocycles. The molecule has 10 nitrogen and oxygen atoms in total. The van der Waals surface area contributed by atoms with Gasteiger partial charge in [-0.15, -0.1) is 0 Å². The van der Waals surface area contributed by atoms with Crippen molar-refractivity contribution in [3.05, 3.63) is 33.1 Å². The van der Waals surface area contributed by atoms with E-state index in [0.717, 1.165) is 12.3 Å². The first-order chi connectivity index (χ1) is 9.72. The molecule has 1 aromatic heterocycles. The van der Waals surface area contributed by atoms with Gasteiger partial charge in [-0.2, -0.15) is 0 Å². The summed E-state index contributed by atoms with van der Waals surface area (Å²) >= 11 is 5.57. The fraction of sp³-hybridized carbons (Fsp3) is 0.200. The van der Waals surface area contributed by atoms with Crippen molar-refractivity contribution in [2.24, 2.45) is 5.73 Å². The summed E-state index contributed by atoms with van der Waals surface area (Å²) in [5.41, 5.74) is 3.77. The number of amides is 2. The van der Waals surface area contributed by atoms with Gasteiger partial charge in [-0.1, -0.05) is 11.6 Å². The van der Waals surface area contributed by atoms with Gasteiger partial charge in [0.25, 0.3) is 11.6 Å². The molecular weight excluding hydrogens is 308 g/mol. The molecule has 112 valence electrons. The van der Waals surface area contributed by atoms with Crippen LogP contribution in [-0.2, 0) is 9.59 Å². The molecule has 0 radical (unpaired) electrons. The number of nitrogens with zero attached hydrogens (tertiary/aromatic N) is 3. The predicted molar refractivity (Wildman–Crippen MR) is 68.6 cm³/mol. The van der Waals surface area contributed by atoms with Gasteiger partial charge in [0.05, 0.1) is 4.92 Å². The minimum absolute atomic E-state index is 0.196. The number of carbonyl (C=O) groups is 3. The maximum absolute atomic E-state index is 12.2. The van der Waals surface area contributed by atoms with Crippen molar-refractivity contribution < 1.29 is 24.4 Å². The highest BCUT2D eigenvalue weighted by Gasteiger charge is 2.27. The van der Waals surface area contributed by atoms with Crippen LogP contribution >= 0.6 is 11.6 Å². The average Bonchev–Trinajstić information content (AvgIpc) is 2.35. The van der Waals surface area contributed by atoms with E-state index in [-0.39, 0.29) is 5.15 Å². The second kappa shape index (κ2) is 6.61. The highest BCUT2D eigenvalue weighted by Crippen LogP contribution is 2.22. The largest absolute Gasteiger partial charge is 0.480 e. The Bertz CT molecular complexity index is 604. The van der Waals surface area contributed by atoms with E-state index < -0.39 is 47.0 Å². The molecule has 3 N–H and O–H groups in total. The van der Waals surface area contributed by atoms with Crippen LogP contribution in [-0.4, -0.2) is 50.8 Å². The van der Waals surface area contributed by atoms with E-state index in [0.29, 0.717) is 4.90 Å². The van der Waals surface area contributed by atoms with Gasteiger partial charge in [-0.25, -0.2) is 4.98 Å². The smallest absolute Gasteiger partial charge is 0.323 e. The highest BCUT2D eigenvalue weighted by atomic mass is 35.5. The molecule has 0 aliphatic heterocycles. The van der Waals surface area contributed by atoms with E-state index in [1.54, 1.807) is 0 Å². The molecule has 11 heteroatoms. The fourth-order valence-corrected chi connectivity index (χ4v) is 1.62. The van der Waals surface area contributed by atoms with Gasteiger partial charge in [-0.3, -0.25) is 24.5 Å². The number of hydrogen-bond donors (Lipinski definition) is 2. The van der Waals surface area contributed by atoms with E-state index in [1.165, 1.54) is 0 Å². The summed E-state index contributed by atoms with van der Waals surface area (Å²) in [5, 5.41) is 19.4. The van der Waals surface area contributed by atoms with Gasteiger partial charge in [0, 0.05) is 0 Å². The number of carboxylic acids is 1. The Morgan fingerprint density at radius 3 is 2.52 bits per heavy atom. The van der Waals surface area contributed by atoms with Crippen LogP contribution in [0.2, 0.25) is 5.15 Å². The van der Waals surface area contributed by atoms with Crippen molar-refractivity contribution in [1.29, 1.82) is 0 Å². The third kappa shape index (κ3) is 4.38. The van der Waals surface area contributed by atoms with Crippen molar-refractivity contribution in [1.82, 2.24) is 9.88 Å². The Labute approximate surface area is 122 Å². The van der Waals surface area contributed by atoms with Crippen LogP contribution in [0.5, 0.6) is 0 Å². The molecule has 0 saturated carbocycles. The number of nitro groups is 1. The first-order valence-corrected chi connectivity index (χ1v) is 5.69. The summed E-state index contributed by atoms with van der Waals surface area (Å²) in [6.45, 7) is -1.55. The van der Waals surface area contributed by atoms with Crippen LogP contribution in [0.3, 0.4) is 0 Å². The number of nitrogens with two attached hydrogens (primary N) is 1. The fourth-order valence-electron chi connectivity index (χ4n) is 1.46. The maximum Gasteiger partial charge on any atom is 0.323 e. The molecule has 0 saturated heterocycles. The van der Waals surface area contributed by atoms with Crippen molar-refractivity contribution in [3.63, 3.8) is 0 Å². The van der Waals surface area contributed by atoms with Crippen LogP contribution < -0.4 is 5.73 Å². The second-order valence-corrected chi connectivity index (χ2v) is 4.19. The highest BCUT2D eigenvalue weighted by molar-refractivity contribution is 6.29. The third-order valence-electron chi connectivity index (χ3n) is 2.24. The summed E-state index contributed by atoms with van der Waals surface area (Å²) < 4.78 is 0. The molecule has 0 bridgehead atoms. The van der Waals surface area contributed by atoms with Crippen LogP contribution in [0.1, 0.15) is 10.4 Å². The zero-order chi connectivity index (χ0) is 16.2. The number of primary amides is 1. The lowest BCUT2D eigenvalue weighted by atomic mass is 10.2. The van der Waals surface area contributed by atoms with Crippen molar-refractivity contribution >= 4 is 35.1 Å². The predicted octanol–water partition coefficient (Wildman–Crippen LogP) is -0.345. The molecule has 0 atom stereocenters. The Balaban J connectivity index is 3.24. The quantitative estimate of drug-likeness (QED) is 0.412. The summed E-state index contributed by atoms with van der Waals surface area (Å²) in [7, 11) is 0. The van der Waals surface area contributed by atoms with Crippen LogP contribution in [0, 0.1) is 10.1 Å². The molecule has 0 aliphatic rings. The molecule has 2 amide bonds. The molecule has 21 heavy (non-hydrogen) atoms. The summed E-state index contributed by atoms with van der Waals surface area (Å²) in [6.07, 6.45) is 0.763. The standard InChI is InChI=1S/C10H9ClN4O6/c11-7-1-5(6(2-13-7)15(20)21)10(19)14(3-8(12)16)4-9(17)18/h1-2H,3-4H2,(H2,12,16)(H,17,18). The molecular formula is C10H9ClN4O6. The van der Waals surface area contributed by atoms with E-state index in [2.05, 4.69) is 4.98 Å². The number of halogens is 1. The van der Waals surface area contributed by atoms with Gasteiger partial charge < -0.3 is 15.7 Å². The van der Waals surface area contributed by atoms with Crippen molar-refractivity contribution in [3.8, 4) is 0 Å². The Morgan fingerprint density at radius 1 is 1.43 bits per heavy atom. The van der Waals surface area contributed by atoms with Crippen LogP contribution in [0.25, 0.3) is 0 Å². The number of carboxylic acid groups (broad SMARTS) is 1. The first kappa shape index (κ1) is 16.3. The molecule has 0 fully saturated rings. The number of carbonyl (C=O) groups excluding carboxylic acids is 2. The van der Waals surface area contributed by atoms with Crippen molar-refractivity contribution in [2.45, 2.75) is 0 Å². The maximum atomic E-state index is 12.2. The molecule has 1 rings (SSSR count). The third-order valence-corrected chi connectivity index (χ3v) is 2.44. The van der Waals surface area contributed by atoms with Gasteiger partial charge >= 0.3 is 5.97 Å². The number of pyridine rings is 1. The molecule has 1 heterocycles. The molecule has 0 unspecified atom stereocenters. The number of aliphatic carboxylic acids is 1. The average molecular weight is 317 g/mol. The minimum Gasteiger partial charge on any atom is -0.480 e. The van der Waals surface area contributed by atoms with Gasteiger partial charge in [0.15, 0.2) is 0 Å². The van der Waals surface area contributed by atoms with E-state index in [1.807, 2.05) is 0 Å². The van der Waals surface area contributed by atoms with Crippen LogP contribution in [0.4, 0.5) is 5.69 Å². The second-order valence-electron chi connectivity index (χ2n) is 3.80. The number of hydrogen-bond acceptors (Lipinski definition) is 6. The first-order valence-electron chi connectivity index (χ1n) is 5.31. The Hall–Kier alpha value is -2.75. The van der Waals surface area contributed by atoms with Gasteiger partial charge in [0.1, 0.15) is 30.0 Å². The van der Waals surface area contributed by atoms with Gasteiger partial charge in [0.2, 0.25) is 5.91 Å². The SMILES string of the molecule is NC(=O)CN(CC(=O)O)C(=O)c1cc(Cl)ncc1[N+](=O)[O-]. The zero-order valence-corrected chi connectivity index (χ0v) is 11.1. The lowest BCUT2D eigenvalue weighted by molar-refractivity contribution is -0.385. The molecule has 0 aromatic carbocycles. The Morgan fingerprint density at radius 2 is 2.05 bits per heavy atom. The van der Waals surface area contributed by atoms with Crippen molar-refractivity contribution in [2.75, 3.05) is 13.1 Å². The van der Waals surface area contributed by atoms with E-state index in [4.69, 9.17) is 22.4 Å². The number of rotatable bonds is 6. The number of aromatic nitrogens is 1. The van der Waals surface area contributed by atoms with Crippen LogP contribution in [0.15, 0.2) is 12.3 Å². The normalized spacial score (nSPS) is 9.95. The lowest BCUT2D eigenvalue weighted by Crippen LogP contribution is -2.41. The lowest BCUT2D eigenvalue weighted by Gasteiger charge is -2.18. The molecule has 0 spiro atoms. The zero-order valence-electron chi connectivity index (χ0n) is 10.4. The summed E-state index contributed by atoms with van der Waals surface area (Å²) in [5.74, 6) is -3.44.